The van der Waals surface area contributed by atoms with Crippen molar-refractivity contribution in [2.75, 3.05) is 32.9 Å². The average molecular weight is 259 g/mol. The number of hydrogen-bond donors (Lipinski definition) is 3. The molecule has 0 spiro atoms. The Morgan fingerprint density at radius 2 is 2.28 bits per heavy atom. The number of nitrogens with two attached hydrogens (primary N) is 1. The van der Waals surface area contributed by atoms with Gasteiger partial charge in [0.1, 0.15) is 5.84 Å². The molecule has 1 saturated heterocycles. The lowest BCUT2D eigenvalue weighted by Crippen LogP contribution is -2.38. The van der Waals surface area contributed by atoms with E-state index < -0.39 is 0 Å². The van der Waals surface area contributed by atoms with Gasteiger partial charge < -0.3 is 25.7 Å². The molecule has 1 aliphatic rings. The fourth-order valence-electron chi connectivity index (χ4n) is 1.84. The van der Waals surface area contributed by atoms with E-state index in [1.54, 1.807) is 0 Å². The third-order valence-corrected chi connectivity index (χ3v) is 3.21. The summed E-state index contributed by atoms with van der Waals surface area (Å²) in [6, 6.07) is 0. The van der Waals surface area contributed by atoms with Crippen molar-refractivity contribution in [2.24, 2.45) is 16.3 Å². The molecule has 106 valence electrons. The van der Waals surface area contributed by atoms with Crippen LogP contribution in [-0.2, 0) is 9.47 Å². The highest BCUT2D eigenvalue weighted by Gasteiger charge is 2.22. The van der Waals surface area contributed by atoms with Gasteiger partial charge in [-0.3, -0.25) is 0 Å². The van der Waals surface area contributed by atoms with Crippen molar-refractivity contribution >= 4 is 5.84 Å². The molecular weight excluding hydrogens is 234 g/mol. The summed E-state index contributed by atoms with van der Waals surface area (Å²) in [5.74, 6) is 0.284. The molecule has 0 saturated carbocycles. The van der Waals surface area contributed by atoms with Crippen molar-refractivity contribution in [3.63, 3.8) is 0 Å². The Labute approximate surface area is 109 Å². The quantitative estimate of drug-likeness (QED) is 0.204. The Morgan fingerprint density at radius 1 is 1.50 bits per heavy atom. The summed E-state index contributed by atoms with van der Waals surface area (Å²) in [5.41, 5.74) is 5.36. The van der Waals surface area contributed by atoms with E-state index in [-0.39, 0.29) is 17.4 Å². The Bertz CT molecular complexity index is 263. The first-order valence-electron chi connectivity index (χ1n) is 6.44. The van der Waals surface area contributed by atoms with E-state index in [1.807, 2.05) is 13.8 Å². The van der Waals surface area contributed by atoms with Gasteiger partial charge in [0, 0.05) is 12.0 Å². The van der Waals surface area contributed by atoms with Gasteiger partial charge in [0.15, 0.2) is 0 Å². The molecule has 6 nitrogen and oxygen atoms in total. The molecule has 0 amide bonds. The van der Waals surface area contributed by atoms with Crippen molar-refractivity contribution in [1.29, 1.82) is 0 Å². The van der Waals surface area contributed by atoms with Crippen molar-refractivity contribution in [3.8, 4) is 0 Å². The van der Waals surface area contributed by atoms with Crippen LogP contribution in [0.15, 0.2) is 5.16 Å². The van der Waals surface area contributed by atoms with E-state index in [2.05, 4.69) is 10.5 Å². The normalized spacial score (nSPS) is 22.1. The molecule has 1 fully saturated rings. The monoisotopic (exact) mass is 259 g/mol. The molecule has 0 aromatic carbocycles. The molecule has 1 rings (SSSR count). The molecule has 0 aliphatic carbocycles. The standard InChI is InChI=1S/C12H25N3O3/c1-12(2,11(13)15-16)4-3-5-14-8-10-9-17-6-7-18-10/h10,14,16H,3-9H2,1-2H3,(H2,13,15). The van der Waals surface area contributed by atoms with Crippen molar-refractivity contribution in [3.05, 3.63) is 0 Å². The highest BCUT2D eigenvalue weighted by atomic mass is 16.6. The largest absolute Gasteiger partial charge is 0.409 e. The minimum absolute atomic E-state index is 0.163. The van der Waals surface area contributed by atoms with Crippen LogP contribution >= 0.6 is 0 Å². The zero-order valence-corrected chi connectivity index (χ0v) is 11.3. The summed E-state index contributed by atoms with van der Waals surface area (Å²) in [4.78, 5) is 0. The maximum absolute atomic E-state index is 8.66. The summed E-state index contributed by atoms with van der Waals surface area (Å²) in [6.45, 7) is 7.70. The Morgan fingerprint density at radius 3 is 2.89 bits per heavy atom. The van der Waals surface area contributed by atoms with Gasteiger partial charge in [-0.25, -0.2) is 0 Å². The molecule has 1 aliphatic heterocycles. The summed E-state index contributed by atoms with van der Waals surface area (Å²) in [6.07, 6.45) is 2.00. The third-order valence-electron chi connectivity index (χ3n) is 3.21. The molecule has 0 aromatic rings. The molecule has 4 N–H and O–H groups in total. The molecule has 0 radical (unpaired) electrons. The van der Waals surface area contributed by atoms with Crippen LogP contribution in [0.2, 0.25) is 0 Å². The summed E-state index contributed by atoms with van der Waals surface area (Å²) < 4.78 is 10.8. The topological polar surface area (TPSA) is 89.1 Å². The van der Waals surface area contributed by atoms with Crippen LogP contribution in [0.4, 0.5) is 0 Å². The van der Waals surface area contributed by atoms with Crippen LogP contribution in [0, 0.1) is 5.41 Å². The maximum Gasteiger partial charge on any atom is 0.144 e. The molecule has 18 heavy (non-hydrogen) atoms. The lowest BCUT2D eigenvalue weighted by Gasteiger charge is -2.24. The van der Waals surface area contributed by atoms with Gasteiger partial charge in [-0.1, -0.05) is 19.0 Å². The Hall–Kier alpha value is -0.850. The van der Waals surface area contributed by atoms with Gasteiger partial charge >= 0.3 is 0 Å². The number of oxime groups is 1. The third kappa shape index (κ3) is 5.20. The van der Waals surface area contributed by atoms with Crippen LogP contribution in [0.3, 0.4) is 0 Å². The first-order chi connectivity index (χ1) is 8.56. The smallest absolute Gasteiger partial charge is 0.144 e. The molecule has 0 bridgehead atoms. The van der Waals surface area contributed by atoms with E-state index in [9.17, 15) is 0 Å². The van der Waals surface area contributed by atoms with E-state index >= 15 is 0 Å². The van der Waals surface area contributed by atoms with Gasteiger partial charge in [0.25, 0.3) is 0 Å². The number of hydrogen-bond acceptors (Lipinski definition) is 5. The lowest BCUT2D eigenvalue weighted by atomic mass is 9.86. The minimum atomic E-state index is -0.263. The molecule has 1 unspecified atom stereocenters. The van der Waals surface area contributed by atoms with Gasteiger partial charge in [-0.15, -0.1) is 0 Å². The molecule has 1 heterocycles. The number of amidine groups is 1. The second-order valence-corrected chi connectivity index (χ2v) is 5.24. The van der Waals surface area contributed by atoms with Gasteiger partial charge in [-0.2, -0.15) is 0 Å². The molecule has 1 atom stereocenters. The number of nitrogens with one attached hydrogen (secondary N) is 1. The number of nitrogens with zero attached hydrogens (tertiary/aromatic N) is 1. The van der Waals surface area contributed by atoms with Crippen LogP contribution < -0.4 is 11.1 Å². The average Bonchev–Trinajstić information content (AvgIpc) is 2.38. The summed E-state index contributed by atoms with van der Waals surface area (Å²) in [5, 5.41) is 15.1. The first kappa shape index (κ1) is 15.2. The summed E-state index contributed by atoms with van der Waals surface area (Å²) >= 11 is 0. The highest BCUT2D eigenvalue weighted by molar-refractivity contribution is 5.85. The Balaban J connectivity index is 2.07. The van der Waals surface area contributed by atoms with Gasteiger partial charge in [0.05, 0.1) is 25.9 Å². The van der Waals surface area contributed by atoms with Crippen molar-refractivity contribution in [1.82, 2.24) is 5.32 Å². The van der Waals surface area contributed by atoms with Crippen LogP contribution in [0.25, 0.3) is 0 Å². The van der Waals surface area contributed by atoms with Gasteiger partial charge in [0.2, 0.25) is 0 Å². The predicted octanol–water partition coefficient (Wildman–Crippen LogP) is 0.544. The zero-order chi connectivity index (χ0) is 13.4. The fraction of sp³-hybridized carbons (Fsp3) is 0.917. The highest BCUT2D eigenvalue weighted by Crippen LogP contribution is 2.21. The SMILES string of the molecule is CC(C)(CCCNCC1COCCO1)C(N)=NO. The van der Waals surface area contributed by atoms with Gasteiger partial charge in [-0.05, 0) is 19.4 Å². The number of ether oxygens (including phenoxy) is 2. The molecular formula is C12H25N3O3. The van der Waals surface area contributed by atoms with E-state index in [4.69, 9.17) is 20.4 Å². The second kappa shape index (κ2) is 7.56. The second-order valence-electron chi connectivity index (χ2n) is 5.24. The fourth-order valence-corrected chi connectivity index (χ4v) is 1.84. The zero-order valence-electron chi connectivity index (χ0n) is 11.3. The van der Waals surface area contributed by atoms with Crippen molar-refractivity contribution in [2.45, 2.75) is 32.8 Å². The van der Waals surface area contributed by atoms with Crippen molar-refractivity contribution < 1.29 is 14.7 Å². The summed E-state index contributed by atoms with van der Waals surface area (Å²) in [7, 11) is 0. The Kier molecular flexibility index (Phi) is 6.38. The number of rotatable bonds is 7. The van der Waals surface area contributed by atoms with Crippen LogP contribution in [0.1, 0.15) is 26.7 Å². The lowest BCUT2D eigenvalue weighted by molar-refractivity contribution is -0.0863. The van der Waals surface area contributed by atoms with E-state index in [1.165, 1.54) is 0 Å². The van der Waals surface area contributed by atoms with Crippen LogP contribution in [-0.4, -0.2) is 50.1 Å². The molecule has 0 aromatic heterocycles. The molecule has 6 heteroatoms. The van der Waals surface area contributed by atoms with E-state index in [0.29, 0.717) is 19.8 Å². The predicted molar refractivity (Wildman–Crippen MR) is 69.9 cm³/mol. The van der Waals surface area contributed by atoms with Crippen LogP contribution in [0.5, 0.6) is 0 Å². The first-order valence-corrected chi connectivity index (χ1v) is 6.44. The van der Waals surface area contributed by atoms with E-state index in [0.717, 1.165) is 25.9 Å². The maximum atomic E-state index is 8.66. The minimum Gasteiger partial charge on any atom is -0.409 e.